The number of nitrogens with zero attached hydrogens (tertiary/aromatic N) is 1. The number of amides is 1. The molecular formula is C12H18N2O. The fraction of sp³-hybridized carbons (Fsp3) is 0.417. The van der Waals surface area contributed by atoms with Crippen LogP contribution in [0.25, 0.3) is 0 Å². The van der Waals surface area contributed by atoms with Gasteiger partial charge in [-0.25, -0.2) is 5.84 Å². The van der Waals surface area contributed by atoms with Gasteiger partial charge in [0.25, 0.3) is 5.91 Å². The fourth-order valence-corrected chi connectivity index (χ4v) is 1.17. The molecule has 3 heteroatoms. The van der Waals surface area contributed by atoms with Crippen molar-refractivity contribution in [2.45, 2.75) is 32.7 Å². The van der Waals surface area contributed by atoms with E-state index in [1.54, 1.807) is 12.1 Å². The summed E-state index contributed by atoms with van der Waals surface area (Å²) in [5.74, 6) is 5.68. The molecule has 0 atom stereocenters. The van der Waals surface area contributed by atoms with Crippen molar-refractivity contribution < 1.29 is 4.79 Å². The molecule has 0 radical (unpaired) electrons. The Morgan fingerprint density at radius 2 is 1.87 bits per heavy atom. The quantitative estimate of drug-likeness (QED) is 0.468. The van der Waals surface area contributed by atoms with E-state index in [9.17, 15) is 4.79 Å². The number of hydrazine groups is 1. The maximum atomic E-state index is 12.0. The first kappa shape index (κ1) is 11.7. The zero-order chi connectivity index (χ0) is 11.5. The highest BCUT2D eigenvalue weighted by molar-refractivity contribution is 5.94. The molecule has 1 rings (SSSR count). The summed E-state index contributed by atoms with van der Waals surface area (Å²) in [6.07, 6.45) is 0.822. The Kier molecular flexibility index (Phi) is 3.48. The van der Waals surface area contributed by atoms with Gasteiger partial charge in [0.05, 0.1) is 5.54 Å². The molecule has 0 unspecified atom stereocenters. The molecule has 0 saturated heterocycles. The summed E-state index contributed by atoms with van der Waals surface area (Å²) in [5, 5.41) is 1.31. The Balaban J connectivity index is 2.87. The number of hydrogen-bond acceptors (Lipinski definition) is 2. The van der Waals surface area contributed by atoms with Crippen molar-refractivity contribution in [1.29, 1.82) is 0 Å². The fourth-order valence-electron chi connectivity index (χ4n) is 1.17. The van der Waals surface area contributed by atoms with Crippen molar-refractivity contribution in [2.75, 3.05) is 0 Å². The molecule has 3 nitrogen and oxygen atoms in total. The van der Waals surface area contributed by atoms with Gasteiger partial charge in [0, 0.05) is 5.56 Å². The summed E-state index contributed by atoms with van der Waals surface area (Å²) in [4.78, 5) is 12.0. The smallest absolute Gasteiger partial charge is 0.268 e. The lowest BCUT2D eigenvalue weighted by atomic mass is 10.0. The first-order chi connectivity index (χ1) is 6.99. The van der Waals surface area contributed by atoms with Crippen LogP contribution in [0.3, 0.4) is 0 Å². The molecule has 0 heterocycles. The predicted octanol–water partition coefficient (Wildman–Crippen LogP) is 2.19. The van der Waals surface area contributed by atoms with E-state index in [1.165, 1.54) is 5.01 Å². The minimum atomic E-state index is -0.313. The van der Waals surface area contributed by atoms with E-state index in [-0.39, 0.29) is 11.4 Å². The van der Waals surface area contributed by atoms with Crippen LogP contribution in [0.15, 0.2) is 30.3 Å². The van der Waals surface area contributed by atoms with Crippen LogP contribution in [0.1, 0.15) is 37.6 Å². The van der Waals surface area contributed by atoms with Crippen LogP contribution in [0.5, 0.6) is 0 Å². The number of carbonyl (C=O) groups excluding carboxylic acids is 1. The molecule has 0 aliphatic carbocycles. The maximum Gasteiger partial charge on any atom is 0.268 e. The topological polar surface area (TPSA) is 46.3 Å². The molecule has 0 fully saturated rings. The molecule has 2 N–H and O–H groups in total. The van der Waals surface area contributed by atoms with Crippen LogP contribution >= 0.6 is 0 Å². The van der Waals surface area contributed by atoms with Crippen molar-refractivity contribution in [2.24, 2.45) is 5.84 Å². The lowest BCUT2D eigenvalue weighted by Crippen LogP contribution is -2.51. The van der Waals surface area contributed by atoms with Gasteiger partial charge in [-0.15, -0.1) is 0 Å². The van der Waals surface area contributed by atoms with E-state index in [0.29, 0.717) is 5.56 Å². The van der Waals surface area contributed by atoms with Crippen LogP contribution in [0, 0.1) is 0 Å². The molecule has 1 aromatic carbocycles. The van der Waals surface area contributed by atoms with Crippen LogP contribution in [0.2, 0.25) is 0 Å². The van der Waals surface area contributed by atoms with Gasteiger partial charge in [-0.05, 0) is 32.4 Å². The Labute approximate surface area is 90.9 Å². The van der Waals surface area contributed by atoms with Gasteiger partial charge >= 0.3 is 0 Å². The SMILES string of the molecule is CCC(C)(C)N(N)C(=O)c1ccccc1. The summed E-state index contributed by atoms with van der Waals surface area (Å²) >= 11 is 0. The van der Waals surface area contributed by atoms with E-state index >= 15 is 0 Å². The van der Waals surface area contributed by atoms with E-state index in [2.05, 4.69) is 0 Å². The number of nitrogens with two attached hydrogens (primary N) is 1. The molecule has 0 spiro atoms. The second kappa shape index (κ2) is 4.45. The average molecular weight is 206 g/mol. The summed E-state index contributed by atoms with van der Waals surface area (Å²) in [6, 6.07) is 9.09. The van der Waals surface area contributed by atoms with Gasteiger partial charge in [0.15, 0.2) is 0 Å². The molecule has 0 aromatic heterocycles. The Hall–Kier alpha value is -1.35. The summed E-state index contributed by atoms with van der Waals surface area (Å²) in [6.45, 7) is 5.92. The number of hydrogen-bond donors (Lipinski definition) is 1. The van der Waals surface area contributed by atoms with Gasteiger partial charge in [-0.2, -0.15) is 0 Å². The first-order valence-corrected chi connectivity index (χ1v) is 5.13. The molecule has 82 valence electrons. The van der Waals surface area contributed by atoms with Gasteiger partial charge in [0.1, 0.15) is 0 Å². The molecular weight excluding hydrogens is 188 g/mol. The van der Waals surface area contributed by atoms with E-state index in [0.717, 1.165) is 6.42 Å². The van der Waals surface area contributed by atoms with Crippen LogP contribution in [-0.2, 0) is 0 Å². The third-order valence-corrected chi connectivity index (χ3v) is 2.76. The molecule has 0 aliphatic heterocycles. The highest BCUT2D eigenvalue weighted by atomic mass is 16.2. The van der Waals surface area contributed by atoms with Crippen molar-refractivity contribution in [3.8, 4) is 0 Å². The van der Waals surface area contributed by atoms with E-state index in [4.69, 9.17) is 5.84 Å². The van der Waals surface area contributed by atoms with Crippen molar-refractivity contribution in [3.63, 3.8) is 0 Å². The molecule has 0 bridgehead atoms. The summed E-state index contributed by atoms with van der Waals surface area (Å²) < 4.78 is 0. The highest BCUT2D eigenvalue weighted by Gasteiger charge is 2.27. The summed E-state index contributed by atoms with van der Waals surface area (Å²) in [5.41, 5.74) is 0.314. The molecule has 15 heavy (non-hydrogen) atoms. The minimum Gasteiger partial charge on any atom is -0.271 e. The predicted molar refractivity (Wildman–Crippen MR) is 61.2 cm³/mol. The first-order valence-electron chi connectivity index (χ1n) is 5.13. The van der Waals surface area contributed by atoms with Crippen molar-refractivity contribution >= 4 is 5.91 Å². The van der Waals surface area contributed by atoms with Crippen LogP contribution in [0.4, 0.5) is 0 Å². The summed E-state index contributed by atoms with van der Waals surface area (Å²) in [7, 11) is 0. The lowest BCUT2D eigenvalue weighted by molar-refractivity contribution is 0.0538. The van der Waals surface area contributed by atoms with Gasteiger partial charge in [-0.1, -0.05) is 25.1 Å². The normalized spacial score (nSPS) is 11.2. The standard InChI is InChI=1S/C12H18N2O/c1-4-12(2,3)14(13)11(15)10-8-6-5-7-9-10/h5-9H,4,13H2,1-3H3. The van der Waals surface area contributed by atoms with Gasteiger partial charge in [0.2, 0.25) is 0 Å². The monoisotopic (exact) mass is 206 g/mol. The Morgan fingerprint density at radius 3 is 2.33 bits per heavy atom. The Bertz CT molecular complexity index is 333. The third kappa shape index (κ3) is 2.57. The largest absolute Gasteiger partial charge is 0.271 e. The molecule has 1 amide bonds. The number of rotatable bonds is 3. The second-order valence-corrected chi connectivity index (χ2v) is 4.21. The van der Waals surface area contributed by atoms with Crippen molar-refractivity contribution in [3.05, 3.63) is 35.9 Å². The molecule has 0 aliphatic rings. The number of benzene rings is 1. The van der Waals surface area contributed by atoms with Gasteiger partial charge < -0.3 is 0 Å². The van der Waals surface area contributed by atoms with E-state index in [1.807, 2.05) is 39.0 Å². The maximum absolute atomic E-state index is 12.0. The molecule has 0 saturated carbocycles. The van der Waals surface area contributed by atoms with Gasteiger partial charge in [-0.3, -0.25) is 9.80 Å². The second-order valence-electron chi connectivity index (χ2n) is 4.21. The zero-order valence-corrected chi connectivity index (χ0v) is 9.53. The van der Waals surface area contributed by atoms with Crippen LogP contribution in [-0.4, -0.2) is 16.5 Å². The molecule has 1 aromatic rings. The van der Waals surface area contributed by atoms with Crippen molar-refractivity contribution in [1.82, 2.24) is 5.01 Å². The number of carbonyl (C=O) groups is 1. The third-order valence-electron chi connectivity index (χ3n) is 2.76. The van der Waals surface area contributed by atoms with Crippen LogP contribution < -0.4 is 5.84 Å². The highest BCUT2D eigenvalue weighted by Crippen LogP contribution is 2.17. The zero-order valence-electron chi connectivity index (χ0n) is 9.53. The average Bonchev–Trinajstić information content (AvgIpc) is 2.28. The Morgan fingerprint density at radius 1 is 1.33 bits per heavy atom. The minimum absolute atomic E-state index is 0.137. The van der Waals surface area contributed by atoms with E-state index < -0.39 is 0 Å². The lowest BCUT2D eigenvalue weighted by Gasteiger charge is -2.33.